The summed E-state index contributed by atoms with van der Waals surface area (Å²) in [6.45, 7) is 0. The van der Waals surface area contributed by atoms with Gasteiger partial charge in [0.1, 0.15) is 0 Å². The molecule has 0 atom stereocenters. The fraction of sp³-hybridized carbons (Fsp3) is 0. The molecule has 16 heavy (non-hydrogen) atoms. The molecule has 0 unspecified atom stereocenters. The average Bonchev–Trinajstić information content (AvgIpc) is 2.33. The molecule has 0 aliphatic rings. The first-order valence-corrected chi connectivity index (χ1v) is 5.42. The van der Waals surface area contributed by atoms with Crippen LogP contribution < -0.4 is 4.52 Å². The van der Waals surface area contributed by atoms with Crippen LogP contribution in [0.25, 0.3) is 11.1 Å². The van der Waals surface area contributed by atoms with Gasteiger partial charge in [0.2, 0.25) is 0 Å². The highest BCUT2D eigenvalue weighted by atomic mass is 31.1. The number of phenols is 1. The van der Waals surface area contributed by atoms with Crippen LogP contribution in [0, 0.1) is 0 Å². The van der Waals surface area contributed by atoms with Crippen LogP contribution in [0.15, 0.2) is 48.5 Å². The Balaban J connectivity index is 2.38. The molecule has 0 amide bonds. The van der Waals surface area contributed by atoms with Crippen molar-refractivity contribution in [1.29, 1.82) is 0 Å². The second-order valence-electron chi connectivity index (χ2n) is 3.21. The zero-order valence-corrected chi connectivity index (χ0v) is 9.22. The molecule has 0 aliphatic carbocycles. The first-order valence-electron chi connectivity index (χ1n) is 4.69. The van der Waals surface area contributed by atoms with E-state index in [9.17, 15) is 9.67 Å². The molecular formula is C12H9O3P. The van der Waals surface area contributed by atoms with E-state index in [1.165, 1.54) is 0 Å². The van der Waals surface area contributed by atoms with Gasteiger partial charge in [-0.2, -0.15) is 0 Å². The molecule has 0 radical (unpaired) electrons. The quantitative estimate of drug-likeness (QED) is 0.821. The Kier molecular flexibility index (Phi) is 3.18. The number of hydrogen-bond donors (Lipinski definition) is 1. The van der Waals surface area contributed by atoms with Gasteiger partial charge in [-0.1, -0.05) is 36.4 Å². The lowest BCUT2D eigenvalue weighted by molar-refractivity contribution is 0.441. The first kappa shape index (κ1) is 10.7. The molecule has 0 bridgehead atoms. The topological polar surface area (TPSA) is 46.5 Å². The lowest BCUT2D eigenvalue weighted by Gasteiger charge is -2.04. The third-order valence-electron chi connectivity index (χ3n) is 2.20. The Labute approximate surface area is 94.6 Å². The first-order chi connectivity index (χ1) is 7.81. The third kappa shape index (κ3) is 2.20. The van der Waals surface area contributed by atoms with Crippen LogP contribution in [-0.4, -0.2) is 5.11 Å². The summed E-state index contributed by atoms with van der Waals surface area (Å²) < 4.78 is 14.9. The van der Waals surface area contributed by atoms with Crippen molar-refractivity contribution in [3.63, 3.8) is 0 Å². The van der Waals surface area contributed by atoms with Crippen LogP contribution in [0.4, 0.5) is 0 Å². The number of phenolic OH excluding ortho intramolecular Hbond substituents is 1. The summed E-state index contributed by atoms with van der Waals surface area (Å²) in [7, 11) is -0.477. The van der Waals surface area contributed by atoms with E-state index < -0.39 is 8.69 Å². The molecule has 0 heterocycles. The molecule has 3 nitrogen and oxygen atoms in total. The summed E-state index contributed by atoms with van der Waals surface area (Å²) in [4.78, 5) is 0. The van der Waals surface area contributed by atoms with Crippen LogP contribution >= 0.6 is 8.69 Å². The number of hydrogen-bond acceptors (Lipinski definition) is 3. The summed E-state index contributed by atoms with van der Waals surface area (Å²) >= 11 is 0. The van der Waals surface area contributed by atoms with Crippen molar-refractivity contribution in [2.24, 2.45) is 0 Å². The highest BCUT2D eigenvalue weighted by Crippen LogP contribution is 2.32. The lowest BCUT2D eigenvalue weighted by Crippen LogP contribution is -1.80. The van der Waals surface area contributed by atoms with Gasteiger partial charge >= 0.3 is 8.69 Å². The van der Waals surface area contributed by atoms with Crippen LogP contribution in [-0.2, 0) is 4.57 Å². The maximum atomic E-state index is 10.2. The van der Waals surface area contributed by atoms with Gasteiger partial charge in [0.05, 0.1) is 0 Å². The fourth-order valence-corrected chi connectivity index (χ4v) is 1.68. The molecule has 2 rings (SSSR count). The van der Waals surface area contributed by atoms with Crippen LogP contribution in [0.3, 0.4) is 0 Å². The summed E-state index contributed by atoms with van der Waals surface area (Å²) in [5.74, 6) is 0.182. The zero-order valence-electron chi connectivity index (χ0n) is 8.33. The fourth-order valence-electron chi connectivity index (χ4n) is 1.44. The van der Waals surface area contributed by atoms with Crippen molar-refractivity contribution in [2.75, 3.05) is 0 Å². The van der Waals surface area contributed by atoms with Gasteiger partial charge < -0.3 is 9.63 Å². The molecule has 0 saturated heterocycles. The lowest BCUT2D eigenvalue weighted by atomic mass is 10.1. The van der Waals surface area contributed by atoms with Gasteiger partial charge in [0.25, 0.3) is 0 Å². The summed E-state index contributed by atoms with van der Waals surface area (Å²) in [6, 6.07) is 14.6. The van der Waals surface area contributed by atoms with Crippen LogP contribution in [0.1, 0.15) is 0 Å². The minimum absolute atomic E-state index is 0.0234. The van der Waals surface area contributed by atoms with Gasteiger partial charge in [-0.05, 0) is 23.3 Å². The van der Waals surface area contributed by atoms with Crippen molar-refractivity contribution >= 4 is 8.69 Å². The van der Waals surface area contributed by atoms with Crippen molar-refractivity contribution < 1.29 is 14.2 Å². The SMILES string of the molecule is O=POc1ccc(-c2ccccc2)cc1O. The predicted octanol–water partition coefficient (Wildman–Crippen LogP) is 3.64. The molecule has 4 heteroatoms. The van der Waals surface area contributed by atoms with E-state index in [0.29, 0.717) is 0 Å². The van der Waals surface area contributed by atoms with Crippen molar-refractivity contribution in [3.8, 4) is 22.6 Å². The Morgan fingerprint density at radius 1 is 1.00 bits per heavy atom. The second kappa shape index (κ2) is 4.77. The third-order valence-corrected chi connectivity index (χ3v) is 2.47. The van der Waals surface area contributed by atoms with E-state index in [1.807, 2.05) is 30.3 Å². The molecular weight excluding hydrogens is 223 g/mol. The minimum Gasteiger partial charge on any atom is -0.504 e. The number of benzene rings is 2. The van der Waals surface area contributed by atoms with Gasteiger partial charge in [-0.25, -0.2) is 4.57 Å². The Morgan fingerprint density at radius 3 is 2.38 bits per heavy atom. The highest BCUT2D eigenvalue weighted by Gasteiger charge is 2.05. The van der Waals surface area contributed by atoms with E-state index in [0.717, 1.165) is 11.1 Å². The minimum atomic E-state index is -0.477. The molecule has 80 valence electrons. The molecule has 0 saturated carbocycles. The molecule has 0 fully saturated rings. The van der Waals surface area contributed by atoms with E-state index in [-0.39, 0.29) is 11.5 Å². The molecule has 0 spiro atoms. The molecule has 0 aliphatic heterocycles. The van der Waals surface area contributed by atoms with Gasteiger partial charge in [-0.15, -0.1) is 0 Å². The predicted molar refractivity (Wildman–Crippen MR) is 61.8 cm³/mol. The maximum absolute atomic E-state index is 10.2. The van der Waals surface area contributed by atoms with Crippen LogP contribution in [0.2, 0.25) is 0 Å². The van der Waals surface area contributed by atoms with E-state index in [2.05, 4.69) is 0 Å². The number of aromatic hydroxyl groups is 1. The number of rotatable bonds is 3. The van der Waals surface area contributed by atoms with Gasteiger partial charge in [-0.3, -0.25) is 0 Å². The Hall–Kier alpha value is -1.86. The molecule has 0 aromatic heterocycles. The van der Waals surface area contributed by atoms with Crippen molar-refractivity contribution in [2.45, 2.75) is 0 Å². The molecule has 1 N–H and O–H groups in total. The molecule has 2 aromatic rings. The Bertz CT molecular complexity index is 497. The maximum Gasteiger partial charge on any atom is 0.395 e. The highest BCUT2D eigenvalue weighted by molar-refractivity contribution is 7.17. The Morgan fingerprint density at radius 2 is 1.75 bits per heavy atom. The smallest absolute Gasteiger partial charge is 0.395 e. The summed E-state index contributed by atoms with van der Waals surface area (Å²) in [6.07, 6.45) is 0. The summed E-state index contributed by atoms with van der Waals surface area (Å²) in [5, 5.41) is 9.62. The largest absolute Gasteiger partial charge is 0.504 e. The molecule has 2 aromatic carbocycles. The van der Waals surface area contributed by atoms with Gasteiger partial charge in [0.15, 0.2) is 11.5 Å². The van der Waals surface area contributed by atoms with E-state index >= 15 is 0 Å². The summed E-state index contributed by atoms with van der Waals surface area (Å²) in [5.41, 5.74) is 1.89. The van der Waals surface area contributed by atoms with Gasteiger partial charge in [0, 0.05) is 0 Å². The zero-order chi connectivity index (χ0) is 11.4. The standard InChI is InChI=1S/C12H9O3P/c13-11-8-10(6-7-12(11)15-16-14)9-4-2-1-3-5-9/h1-8,13H. The van der Waals surface area contributed by atoms with Crippen LogP contribution in [0.5, 0.6) is 11.5 Å². The van der Waals surface area contributed by atoms with E-state index in [1.54, 1.807) is 18.2 Å². The average molecular weight is 232 g/mol. The van der Waals surface area contributed by atoms with Crippen molar-refractivity contribution in [1.82, 2.24) is 0 Å². The van der Waals surface area contributed by atoms with Crippen molar-refractivity contribution in [3.05, 3.63) is 48.5 Å². The monoisotopic (exact) mass is 232 g/mol. The van der Waals surface area contributed by atoms with E-state index in [4.69, 9.17) is 4.52 Å². The normalized spacial score (nSPS) is 10.2. The second-order valence-corrected chi connectivity index (χ2v) is 3.55.